The molecule has 0 unspecified atom stereocenters. The lowest BCUT2D eigenvalue weighted by atomic mass is 10.1. The predicted molar refractivity (Wildman–Crippen MR) is 128 cm³/mol. The number of nitrogens with zero attached hydrogens (tertiary/aromatic N) is 3. The van der Waals surface area contributed by atoms with Gasteiger partial charge in [-0.05, 0) is 49.1 Å². The third-order valence-corrected chi connectivity index (χ3v) is 8.58. The molecule has 0 radical (unpaired) electrons. The van der Waals surface area contributed by atoms with Gasteiger partial charge >= 0.3 is 0 Å². The molecule has 34 heavy (non-hydrogen) atoms. The molecular formula is C25H31N3O5S. The van der Waals surface area contributed by atoms with Crippen LogP contribution in [0, 0.1) is 0 Å². The van der Waals surface area contributed by atoms with Crippen molar-refractivity contribution in [1.29, 1.82) is 0 Å². The Bertz CT molecular complexity index is 1130. The average molecular weight is 486 g/mol. The summed E-state index contributed by atoms with van der Waals surface area (Å²) in [5, 5.41) is 0. The normalized spacial score (nSPS) is 21.6. The number of likely N-dealkylation sites (tertiary alicyclic amines) is 1. The summed E-state index contributed by atoms with van der Waals surface area (Å²) in [6.07, 6.45) is 2.65. The van der Waals surface area contributed by atoms with Crippen LogP contribution in [0.5, 0.6) is 5.75 Å². The lowest BCUT2D eigenvalue weighted by molar-refractivity contribution is -0.139. The van der Waals surface area contributed by atoms with Crippen molar-refractivity contribution in [2.45, 2.75) is 36.8 Å². The fourth-order valence-corrected chi connectivity index (χ4v) is 6.34. The maximum atomic E-state index is 13.2. The molecule has 8 nitrogen and oxygen atoms in total. The maximum absolute atomic E-state index is 13.2. The second kappa shape index (κ2) is 9.93. The monoisotopic (exact) mass is 485 g/mol. The van der Waals surface area contributed by atoms with E-state index < -0.39 is 16.1 Å². The highest BCUT2D eigenvalue weighted by molar-refractivity contribution is 7.89. The Morgan fingerprint density at radius 1 is 0.941 bits per heavy atom. The largest absolute Gasteiger partial charge is 0.477 e. The van der Waals surface area contributed by atoms with Crippen molar-refractivity contribution in [3.05, 3.63) is 54.1 Å². The second-order valence-corrected chi connectivity index (χ2v) is 10.9. The van der Waals surface area contributed by atoms with E-state index in [2.05, 4.69) is 4.90 Å². The van der Waals surface area contributed by atoms with Gasteiger partial charge in [-0.2, -0.15) is 4.31 Å². The number of hydrogen-bond donors (Lipinski definition) is 0. The number of carbonyl (C=O) groups excluding carboxylic acids is 1. The predicted octanol–water partition coefficient (Wildman–Crippen LogP) is 2.49. The summed E-state index contributed by atoms with van der Waals surface area (Å²) in [7, 11) is -3.58. The Morgan fingerprint density at radius 2 is 1.71 bits per heavy atom. The van der Waals surface area contributed by atoms with Crippen LogP contribution in [0.1, 0.15) is 24.8 Å². The van der Waals surface area contributed by atoms with Gasteiger partial charge in [0.2, 0.25) is 10.0 Å². The number of anilines is 1. The first kappa shape index (κ1) is 23.1. The van der Waals surface area contributed by atoms with Crippen LogP contribution in [-0.4, -0.2) is 75.6 Å². The molecule has 9 heteroatoms. The number of sulfonamides is 1. The molecule has 2 saturated heterocycles. The topological polar surface area (TPSA) is 79.4 Å². The minimum atomic E-state index is -3.58. The summed E-state index contributed by atoms with van der Waals surface area (Å²) in [5.41, 5.74) is 1.78. The number of para-hydroxylation sites is 2. The van der Waals surface area contributed by atoms with E-state index in [0.29, 0.717) is 45.1 Å². The minimum Gasteiger partial charge on any atom is -0.477 e. The van der Waals surface area contributed by atoms with Gasteiger partial charge in [0.25, 0.3) is 5.91 Å². The van der Waals surface area contributed by atoms with E-state index in [1.165, 1.54) is 4.31 Å². The van der Waals surface area contributed by atoms with Gasteiger partial charge in [0.15, 0.2) is 6.10 Å². The Hall–Kier alpha value is -2.62. The standard InChI is InChI=1S/C25H31N3O5S/c29-25(26-11-4-1-5-12-26)24-19-27(22-9-2-3-10-23(22)33-24)18-20-7-6-8-21(17-20)34(30,31)28-13-15-32-16-14-28/h2-3,6-10,17,24H,1,4-5,11-16,18-19H2/t24-/m0/s1. The summed E-state index contributed by atoms with van der Waals surface area (Å²) < 4.78 is 39.2. The van der Waals surface area contributed by atoms with Gasteiger partial charge in [-0.1, -0.05) is 24.3 Å². The highest BCUT2D eigenvalue weighted by Crippen LogP contribution is 2.35. The highest BCUT2D eigenvalue weighted by Gasteiger charge is 2.34. The molecule has 3 aliphatic heterocycles. The van der Waals surface area contributed by atoms with Crippen molar-refractivity contribution < 1.29 is 22.7 Å². The maximum Gasteiger partial charge on any atom is 0.265 e. The van der Waals surface area contributed by atoms with Crippen LogP contribution in [0.25, 0.3) is 0 Å². The Morgan fingerprint density at radius 3 is 2.50 bits per heavy atom. The molecule has 5 rings (SSSR count). The SMILES string of the molecule is O=C([C@@H]1CN(Cc2cccc(S(=O)(=O)N3CCOCC3)c2)c2ccccc2O1)N1CCCCC1. The van der Waals surface area contributed by atoms with Gasteiger partial charge in [0, 0.05) is 32.7 Å². The van der Waals surface area contributed by atoms with Crippen LogP contribution < -0.4 is 9.64 Å². The van der Waals surface area contributed by atoms with Crippen molar-refractivity contribution in [3.8, 4) is 5.75 Å². The fraction of sp³-hybridized carbons (Fsp3) is 0.480. The van der Waals surface area contributed by atoms with Crippen LogP contribution in [-0.2, 0) is 26.1 Å². The molecule has 0 aromatic heterocycles. The van der Waals surface area contributed by atoms with Crippen molar-refractivity contribution in [1.82, 2.24) is 9.21 Å². The first-order chi connectivity index (χ1) is 16.5. The average Bonchev–Trinajstić information content (AvgIpc) is 2.89. The molecule has 3 aliphatic rings. The molecule has 2 aromatic carbocycles. The molecule has 0 aliphatic carbocycles. The van der Waals surface area contributed by atoms with Crippen molar-refractivity contribution in [2.75, 3.05) is 50.8 Å². The summed E-state index contributed by atoms with van der Waals surface area (Å²) in [6, 6.07) is 14.8. The van der Waals surface area contributed by atoms with Crippen LogP contribution in [0.15, 0.2) is 53.4 Å². The van der Waals surface area contributed by atoms with Crippen LogP contribution in [0.3, 0.4) is 0 Å². The molecule has 1 atom stereocenters. The van der Waals surface area contributed by atoms with Gasteiger partial charge in [-0.3, -0.25) is 4.79 Å². The summed E-state index contributed by atoms with van der Waals surface area (Å²) >= 11 is 0. The number of benzene rings is 2. The number of amides is 1. The molecule has 182 valence electrons. The van der Waals surface area contributed by atoms with E-state index in [4.69, 9.17) is 9.47 Å². The number of ether oxygens (including phenoxy) is 2. The number of fused-ring (bicyclic) bond motifs is 1. The van der Waals surface area contributed by atoms with Gasteiger partial charge in [0.1, 0.15) is 5.75 Å². The Labute approximate surface area is 201 Å². The zero-order chi connectivity index (χ0) is 23.5. The third kappa shape index (κ3) is 4.78. The molecule has 0 bridgehead atoms. The molecular weight excluding hydrogens is 454 g/mol. The number of morpholine rings is 1. The van der Waals surface area contributed by atoms with E-state index in [9.17, 15) is 13.2 Å². The summed E-state index contributed by atoms with van der Waals surface area (Å²) in [5.74, 6) is 0.712. The molecule has 0 saturated carbocycles. The van der Waals surface area contributed by atoms with Crippen molar-refractivity contribution >= 4 is 21.6 Å². The quantitative estimate of drug-likeness (QED) is 0.648. The zero-order valence-corrected chi connectivity index (χ0v) is 20.1. The number of hydrogen-bond acceptors (Lipinski definition) is 6. The number of piperidine rings is 1. The summed E-state index contributed by atoms with van der Waals surface area (Å²) in [4.78, 5) is 17.5. The highest BCUT2D eigenvalue weighted by atomic mass is 32.2. The van der Waals surface area contributed by atoms with Gasteiger partial charge < -0.3 is 19.3 Å². The number of carbonyl (C=O) groups is 1. The third-order valence-electron chi connectivity index (χ3n) is 6.68. The number of rotatable bonds is 5. The molecule has 2 fully saturated rings. The van der Waals surface area contributed by atoms with E-state index in [-0.39, 0.29) is 10.8 Å². The first-order valence-corrected chi connectivity index (χ1v) is 13.4. The molecule has 3 heterocycles. The van der Waals surface area contributed by atoms with E-state index in [1.54, 1.807) is 18.2 Å². The van der Waals surface area contributed by atoms with Crippen LogP contribution in [0.2, 0.25) is 0 Å². The Balaban J connectivity index is 1.37. The van der Waals surface area contributed by atoms with Crippen LogP contribution in [0.4, 0.5) is 5.69 Å². The van der Waals surface area contributed by atoms with Gasteiger partial charge in [-0.15, -0.1) is 0 Å². The fourth-order valence-electron chi connectivity index (χ4n) is 4.86. The smallest absolute Gasteiger partial charge is 0.265 e. The zero-order valence-electron chi connectivity index (χ0n) is 19.3. The van der Waals surface area contributed by atoms with Gasteiger partial charge in [-0.25, -0.2) is 8.42 Å². The van der Waals surface area contributed by atoms with E-state index in [1.807, 2.05) is 35.2 Å². The molecule has 0 spiro atoms. The summed E-state index contributed by atoms with van der Waals surface area (Å²) in [6.45, 7) is 4.02. The van der Waals surface area contributed by atoms with Crippen molar-refractivity contribution in [3.63, 3.8) is 0 Å². The molecule has 0 N–H and O–H groups in total. The molecule has 2 aromatic rings. The minimum absolute atomic E-state index is 0.0304. The second-order valence-electron chi connectivity index (χ2n) is 9.00. The van der Waals surface area contributed by atoms with E-state index in [0.717, 1.165) is 43.6 Å². The van der Waals surface area contributed by atoms with E-state index >= 15 is 0 Å². The lowest BCUT2D eigenvalue weighted by Crippen LogP contribution is -2.51. The van der Waals surface area contributed by atoms with Crippen molar-refractivity contribution in [2.24, 2.45) is 0 Å². The molecule has 1 amide bonds. The first-order valence-electron chi connectivity index (χ1n) is 12.0. The van der Waals surface area contributed by atoms with Crippen LogP contribution >= 0.6 is 0 Å². The Kier molecular flexibility index (Phi) is 6.76. The lowest BCUT2D eigenvalue weighted by Gasteiger charge is -2.38. The van der Waals surface area contributed by atoms with Gasteiger partial charge in [0.05, 0.1) is 30.3 Å².